The van der Waals surface area contributed by atoms with Gasteiger partial charge in [-0.15, -0.1) is 0 Å². The molecule has 2 heterocycles. The van der Waals surface area contributed by atoms with E-state index in [9.17, 15) is 22.8 Å². The molecule has 2 rings (SSSR count). The van der Waals surface area contributed by atoms with Gasteiger partial charge >= 0.3 is 6.18 Å². The average molecular weight is 337 g/mol. The maximum Gasteiger partial charge on any atom is 0.417 e. The second kappa shape index (κ2) is 6.32. The summed E-state index contributed by atoms with van der Waals surface area (Å²) < 4.78 is 39.0. The van der Waals surface area contributed by atoms with Gasteiger partial charge in [-0.3, -0.25) is 9.59 Å². The van der Waals surface area contributed by atoms with Crippen LogP contribution in [-0.2, 0) is 17.5 Å². The van der Waals surface area contributed by atoms with Gasteiger partial charge in [0.05, 0.1) is 5.56 Å². The molecule has 8 heteroatoms. The van der Waals surface area contributed by atoms with Crippen molar-refractivity contribution in [1.29, 1.82) is 0 Å². The highest BCUT2D eigenvalue weighted by Gasteiger charge is 2.32. The van der Waals surface area contributed by atoms with Gasteiger partial charge in [0.2, 0.25) is 5.91 Å². The normalized spacial score (nSPS) is 19.3. The number of hydrogen-bond donors (Lipinski definition) is 0. The van der Waals surface area contributed by atoms with Crippen LogP contribution in [0.5, 0.6) is 0 Å². The summed E-state index contributed by atoms with van der Waals surface area (Å²) in [6.45, 7) is 2.01. The van der Waals surface area contributed by atoms with Gasteiger partial charge in [0.15, 0.2) is 0 Å². The Bertz CT molecular complexity index is 627. The maximum atomic E-state index is 12.8. The van der Waals surface area contributed by atoms with Crippen molar-refractivity contribution in [2.75, 3.05) is 6.54 Å². The number of carbonyl (C=O) groups is 1. The molecule has 0 N–H and O–H groups in total. The van der Waals surface area contributed by atoms with E-state index in [0.717, 1.165) is 23.8 Å². The van der Waals surface area contributed by atoms with Crippen LogP contribution in [0.3, 0.4) is 0 Å². The van der Waals surface area contributed by atoms with Crippen molar-refractivity contribution >= 4 is 17.5 Å². The molecule has 1 aliphatic rings. The molecular formula is C14H16ClF3N2O2. The minimum Gasteiger partial charge on any atom is -0.338 e. The lowest BCUT2D eigenvalue weighted by Crippen LogP contribution is -2.44. The van der Waals surface area contributed by atoms with E-state index in [-0.39, 0.29) is 11.9 Å². The van der Waals surface area contributed by atoms with Gasteiger partial charge in [-0.05, 0) is 32.3 Å². The molecule has 4 nitrogen and oxygen atoms in total. The van der Waals surface area contributed by atoms with Gasteiger partial charge in [-0.1, -0.05) is 11.6 Å². The van der Waals surface area contributed by atoms with E-state index in [0.29, 0.717) is 18.8 Å². The third-order valence-corrected chi connectivity index (χ3v) is 4.07. The minimum absolute atomic E-state index is 0.0261. The van der Waals surface area contributed by atoms with Gasteiger partial charge in [0, 0.05) is 18.8 Å². The molecule has 1 fully saturated rings. The molecular weight excluding hydrogens is 321 g/mol. The molecule has 0 aliphatic carbocycles. The number of aromatic nitrogens is 1. The third-order valence-electron chi connectivity index (χ3n) is 3.80. The fourth-order valence-electron chi connectivity index (χ4n) is 2.58. The highest BCUT2D eigenvalue weighted by molar-refractivity contribution is 6.30. The molecule has 1 amide bonds. The molecule has 1 atom stereocenters. The Morgan fingerprint density at radius 3 is 2.68 bits per heavy atom. The Kier molecular flexibility index (Phi) is 4.84. The summed E-state index contributed by atoms with van der Waals surface area (Å²) in [6, 6.07) is 0.604. The number of likely N-dealkylation sites (tertiary alicyclic amines) is 1. The Hall–Kier alpha value is -1.50. The fraction of sp³-hybridized carbons (Fsp3) is 0.571. The molecule has 1 saturated heterocycles. The predicted molar refractivity (Wildman–Crippen MR) is 75.7 cm³/mol. The van der Waals surface area contributed by atoms with Crippen molar-refractivity contribution in [2.24, 2.45) is 0 Å². The summed E-state index contributed by atoms with van der Waals surface area (Å²) in [7, 11) is 0. The van der Waals surface area contributed by atoms with E-state index in [1.165, 1.54) is 0 Å². The van der Waals surface area contributed by atoms with Crippen molar-refractivity contribution in [3.63, 3.8) is 0 Å². The number of nitrogens with zero attached hydrogens (tertiary/aromatic N) is 2. The number of halogens is 4. The first-order valence-electron chi connectivity index (χ1n) is 6.97. The second-order valence-corrected chi connectivity index (χ2v) is 5.85. The van der Waals surface area contributed by atoms with E-state index in [1.807, 2.05) is 6.92 Å². The first-order valence-corrected chi connectivity index (χ1v) is 7.34. The number of alkyl halides is 3. The van der Waals surface area contributed by atoms with E-state index >= 15 is 0 Å². The number of rotatable bonds is 2. The molecule has 22 heavy (non-hydrogen) atoms. The average Bonchev–Trinajstić information content (AvgIpc) is 2.42. The number of pyridine rings is 1. The zero-order chi connectivity index (χ0) is 16.5. The Labute approximate surface area is 130 Å². The van der Waals surface area contributed by atoms with Crippen molar-refractivity contribution in [3.8, 4) is 0 Å². The first kappa shape index (κ1) is 16.9. The van der Waals surface area contributed by atoms with E-state index in [4.69, 9.17) is 11.6 Å². The van der Waals surface area contributed by atoms with Crippen LogP contribution >= 0.6 is 11.6 Å². The molecule has 1 aromatic rings. The number of hydrogen-bond acceptors (Lipinski definition) is 2. The van der Waals surface area contributed by atoms with Gasteiger partial charge in [-0.25, -0.2) is 0 Å². The zero-order valence-electron chi connectivity index (χ0n) is 12.0. The van der Waals surface area contributed by atoms with Crippen LogP contribution in [0.25, 0.3) is 0 Å². The molecule has 0 radical (unpaired) electrons. The lowest BCUT2D eigenvalue weighted by Gasteiger charge is -2.33. The van der Waals surface area contributed by atoms with Crippen molar-refractivity contribution in [2.45, 2.75) is 44.9 Å². The molecule has 1 aromatic heterocycles. The maximum absolute atomic E-state index is 12.8. The van der Waals surface area contributed by atoms with Crippen LogP contribution in [0.1, 0.15) is 31.7 Å². The van der Waals surface area contributed by atoms with Crippen molar-refractivity contribution < 1.29 is 18.0 Å². The Morgan fingerprint density at radius 2 is 2.09 bits per heavy atom. The van der Waals surface area contributed by atoms with E-state index in [2.05, 4.69) is 0 Å². The molecule has 122 valence electrons. The molecule has 1 unspecified atom stereocenters. The largest absolute Gasteiger partial charge is 0.417 e. The predicted octanol–water partition coefficient (Wildman–Crippen LogP) is 2.92. The highest BCUT2D eigenvalue weighted by atomic mass is 35.5. The topological polar surface area (TPSA) is 42.3 Å². The lowest BCUT2D eigenvalue weighted by molar-refractivity contribution is -0.139. The Morgan fingerprint density at radius 1 is 1.41 bits per heavy atom. The SMILES string of the molecule is CC1CCCCN1C(=O)Cn1cc(C(F)(F)F)cc(Cl)c1=O. The molecule has 0 spiro atoms. The second-order valence-electron chi connectivity index (χ2n) is 5.44. The third kappa shape index (κ3) is 3.63. The van der Waals surface area contributed by atoms with Gasteiger partial charge < -0.3 is 9.47 Å². The fourth-order valence-corrected chi connectivity index (χ4v) is 2.80. The summed E-state index contributed by atoms with van der Waals surface area (Å²) in [5.74, 6) is -0.371. The van der Waals surface area contributed by atoms with Crippen LogP contribution in [0.4, 0.5) is 13.2 Å². The summed E-state index contributed by atoms with van der Waals surface area (Å²) in [4.78, 5) is 25.7. The zero-order valence-corrected chi connectivity index (χ0v) is 12.7. The van der Waals surface area contributed by atoms with Gasteiger partial charge in [0.1, 0.15) is 11.6 Å². The molecule has 0 bridgehead atoms. The molecule has 1 aliphatic heterocycles. The highest BCUT2D eigenvalue weighted by Crippen LogP contribution is 2.29. The van der Waals surface area contributed by atoms with Crippen LogP contribution < -0.4 is 5.56 Å². The van der Waals surface area contributed by atoms with Gasteiger partial charge in [0.25, 0.3) is 5.56 Å². The summed E-state index contributed by atoms with van der Waals surface area (Å²) in [5, 5.41) is -0.547. The number of amides is 1. The Balaban J connectivity index is 2.27. The van der Waals surface area contributed by atoms with Gasteiger partial charge in [-0.2, -0.15) is 13.2 Å². The molecule has 0 aromatic carbocycles. The summed E-state index contributed by atoms with van der Waals surface area (Å²) in [5.41, 5.74) is -1.84. The van der Waals surface area contributed by atoms with Crippen molar-refractivity contribution in [3.05, 3.63) is 33.2 Å². The summed E-state index contributed by atoms with van der Waals surface area (Å²) in [6.07, 6.45) is -1.26. The van der Waals surface area contributed by atoms with Crippen LogP contribution in [0.2, 0.25) is 5.02 Å². The van der Waals surface area contributed by atoms with Crippen LogP contribution in [-0.4, -0.2) is 28.0 Å². The molecule has 0 saturated carbocycles. The first-order chi connectivity index (χ1) is 10.2. The van der Waals surface area contributed by atoms with E-state index < -0.39 is 28.9 Å². The quantitative estimate of drug-likeness (QED) is 0.833. The minimum atomic E-state index is -4.62. The lowest BCUT2D eigenvalue weighted by atomic mass is 10.0. The monoisotopic (exact) mass is 336 g/mol. The van der Waals surface area contributed by atoms with Crippen molar-refractivity contribution in [1.82, 2.24) is 9.47 Å². The number of piperidine rings is 1. The summed E-state index contributed by atoms with van der Waals surface area (Å²) >= 11 is 5.56. The smallest absolute Gasteiger partial charge is 0.338 e. The van der Waals surface area contributed by atoms with Crippen LogP contribution in [0, 0.1) is 0 Å². The number of carbonyl (C=O) groups excluding carboxylic acids is 1. The van der Waals surface area contributed by atoms with Crippen LogP contribution in [0.15, 0.2) is 17.1 Å². The standard InChI is InChI=1S/C14H16ClF3N2O2/c1-9-4-2-3-5-20(9)12(21)8-19-7-10(14(16,17)18)6-11(15)13(19)22/h6-7,9H,2-5,8H2,1H3. The van der Waals surface area contributed by atoms with E-state index in [1.54, 1.807) is 4.90 Å².